The minimum absolute atomic E-state index is 0.00152. The van der Waals surface area contributed by atoms with Crippen LogP contribution in [0.1, 0.15) is 92.6 Å². The molecule has 1 saturated heterocycles. The van der Waals surface area contributed by atoms with Gasteiger partial charge in [0.05, 0.1) is 24.5 Å². The van der Waals surface area contributed by atoms with Crippen LogP contribution in [-0.4, -0.2) is 161 Å². The number of carboxylic acid groups (broad SMARTS) is 2. The molecule has 10 atom stereocenters. The lowest BCUT2D eigenvalue weighted by molar-refractivity contribution is -0.149. The van der Waals surface area contributed by atoms with Crippen LogP contribution >= 0.6 is 11.8 Å². The van der Waals surface area contributed by atoms with Crippen molar-refractivity contribution < 1.29 is 58.1 Å². The van der Waals surface area contributed by atoms with E-state index in [1.165, 1.54) is 32.7 Å². The number of thioether (sulfide) groups is 1. The summed E-state index contributed by atoms with van der Waals surface area (Å²) in [5, 5.41) is 35.8. The first-order valence-electron chi connectivity index (χ1n) is 25.0. The van der Waals surface area contributed by atoms with Crippen molar-refractivity contribution in [3.8, 4) is 0 Å². The second-order valence-corrected chi connectivity index (χ2v) is 20.7. The molecule has 14 N–H and O–H groups in total. The van der Waals surface area contributed by atoms with Gasteiger partial charge in [0.25, 0.3) is 0 Å². The summed E-state index contributed by atoms with van der Waals surface area (Å²) >= 11 is 1.22. The van der Waals surface area contributed by atoms with Gasteiger partial charge in [-0.2, -0.15) is 11.8 Å². The predicted octanol–water partition coefficient (Wildman–Crippen LogP) is 0.309. The molecule has 1 aromatic carbocycles. The number of hydrogen-bond donors (Lipinski definition) is 11. The van der Waals surface area contributed by atoms with Crippen LogP contribution in [-0.2, 0) is 54.3 Å². The van der Waals surface area contributed by atoms with Crippen LogP contribution in [0.5, 0.6) is 0 Å². The summed E-state index contributed by atoms with van der Waals surface area (Å²) in [6.45, 7) is 11.4. The van der Waals surface area contributed by atoms with Gasteiger partial charge < -0.3 is 69.0 Å². The Balaban J connectivity index is 2.87. The zero-order valence-corrected chi connectivity index (χ0v) is 45.5. The van der Waals surface area contributed by atoms with E-state index in [2.05, 4.69) is 36.9 Å². The van der Waals surface area contributed by atoms with Gasteiger partial charge in [-0.25, -0.2) is 4.79 Å². The third kappa shape index (κ3) is 22.5. The topological polar surface area (TPSA) is 369 Å². The fraction of sp³-hybridized carbons (Fsp3) is 0.608. The Bertz CT molecular complexity index is 2210. The number of aliphatic carboxylic acids is 2. The number of allylic oxidation sites excluding steroid dienone is 2. The summed E-state index contributed by atoms with van der Waals surface area (Å²) in [7, 11) is 2.91. The van der Waals surface area contributed by atoms with Gasteiger partial charge in [-0.1, -0.05) is 81.8 Å². The molecule has 75 heavy (non-hydrogen) atoms. The minimum Gasteiger partial charge on any atom is -0.481 e. The highest BCUT2D eigenvalue weighted by Crippen LogP contribution is 2.20. The van der Waals surface area contributed by atoms with Crippen molar-refractivity contribution in [3.05, 3.63) is 59.7 Å². The number of carboxylic acids is 2. The highest BCUT2D eigenvalue weighted by Gasteiger charge is 2.41. The molecule has 1 aliphatic heterocycles. The number of benzene rings is 1. The molecule has 3 unspecified atom stereocenters. The molecule has 0 saturated carbocycles. The van der Waals surface area contributed by atoms with Crippen LogP contribution in [0.15, 0.2) is 59.1 Å². The van der Waals surface area contributed by atoms with E-state index in [1.807, 2.05) is 50.3 Å². The van der Waals surface area contributed by atoms with Gasteiger partial charge in [0, 0.05) is 51.1 Å². The van der Waals surface area contributed by atoms with E-state index >= 15 is 0 Å². The minimum atomic E-state index is -2.29. The Hall–Kier alpha value is -6.53. The number of guanidine groups is 1. The van der Waals surface area contributed by atoms with Crippen molar-refractivity contribution in [1.82, 2.24) is 36.8 Å². The Morgan fingerprint density at radius 2 is 1.55 bits per heavy atom. The molecule has 0 spiro atoms. The van der Waals surface area contributed by atoms with Gasteiger partial charge in [0.15, 0.2) is 5.96 Å². The van der Waals surface area contributed by atoms with Crippen molar-refractivity contribution in [3.63, 3.8) is 0 Å². The predicted molar refractivity (Wildman–Crippen MR) is 285 cm³/mol. The SMILES string of the molecule is CO[C@@H](Cc1ccccc1)[C@@H](C)/C=C(C)/C=C/C1NC(=O)C(CCCN=C(N)N)NC(=O)C[C@@](C)(C(=O)O)NC(=O)[C@H](CC(C)C)NC(=O)[C@@H](C)NC(=O)C(CSCCN)N(C)C(=O)[C@@H](CCC(=O)O)NC(=O)[C@H]1C. The van der Waals surface area contributed by atoms with Gasteiger partial charge >= 0.3 is 11.9 Å². The number of ether oxygens (including phenoxy) is 1. The van der Waals surface area contributed by atoms with E-state index in [0.717, 1.165) is 17.4 Å². The van der Waals surface area contributed by atoms with E-state index in [1.54, 1.807) is 33.1 Å². The molecule has 0 aliphatic carbocycles. The zero-order valence-electron chi connectivity index (χ0n) is 44.7. The number of aliphatic imine (C=N–C) groups is 1. The average molecular weight is 1070 g/mol. The zero-order chi connectivity index (χ0) is 56.6. The van der Waals surface area contributed by atoms with Crippen LogP contribution in [0.4, 0.5) is 0 Å². The quantitative estimate of drug-likeness (QED) is 0.0342. The number of hydrogen-bond acceptors (Lipinski definition) is 13. The van der Waals surface area contributed by atoms with Gasteiger partial charge in [-0.15, -0.1) is 0 Å². The van der Waals surface area contributed by atoms with Crippen molar-refractivity contribution in [2.24, 2.45) is 39.9 Å². The number of likely N-dealkylation sites (N-methyl/N-ethyl adjacent to an activating group) is 1. The number of nitrogens with zero attached hydrogens (tertiary/aromatic N) is 2. The molecule has 24 heteroatoms. The molecule has 2 rings (SSSR count). The lowest BCUT2D eigenvalue weighted by Gasteiger charge is -2.32. The van der Waals surface area contributed by atoms with Crippen LogP contribution < -0.4 is 49.1 Å². The molecule has 1 heterocycles. The Labute approximate surface area is 444 Å². The fourth-order valence-electron chi connectivity index (χ4n) is 8.05. The second kappa shape index (κ2) is 32.0. The van der Waals surface area contributed by atoms with E-state index in [-0.39, 0.29) is 62.0 Å². The van der Waals surface area contributed by atoms with Crippen molar-refractivity contribution in [1.29, 1.82) is 0 Å². The van der Waals surface area contributed by atoms with Crippen molar-refractivity contribution in [2.75, 3.05) is 38.8 Å². The monoisotopic (exact) mass is 1070 g/mol. The lowest BCUT2D eigenvalue weighted by Crippen LogP contribution is -2.61. The molecule has 0 radical (unpaired) electrons. The molecule has 0 bridgehead atoms. The maximum Gasteiger partial charge on any atom is 0.329 e. The largest absolute Gasteiger partial charge is 0.481 e. The van der Waals surface area contributed by atoms with Crippen LogP contribution in [0.25, 0.3) is 0 Å². The first-order valence-corrected chi connectivity index (χ1v) is 26.2. The summed E-state index contributed by atoms with van der Waals surface area (Å²) in [6.07, 6.45) is 3.72. The molecular weight excluding hydrogens is 991 g/mol. The van der Waals surface area contributed by atoms with Crippen LogP contribution in [0, 0.1) is 17.8 Å². The van der Waals surface area contributed by atoms with E-state index in [0.29, 0.717) is 17.7 Å². The fourth-order valence-corrected chi connectivity index (χ4v) is 8.98. The number of amides is 7. The van der Waals surface area contributed by atoms with Crippen LogP contribution in [0.3, 0.4) is 0 Å². The van der Waals surface area contributed by atoms with Gasteiger partial charge in [0.2, 0.25) is 41.4 Å². The van der Waals surface area contributed by atoms with Crippen molar-refractivity contribution >= 4 is 71.0 Å². The lowest BCUT2D eigenvalue weighted by atomic mass is 9.94. The van der Waals surface area contributed by atoms with Gasteiger partial charge in [0.1, 0.15) is 35.7 Å². The molecule has 1 aromatic rings. The molecule has 23 nitrogen and oxygen atoms in total. The number of nitrogens with one attached hydrogen (secondary N) is 6. The summed E-state index contributed by atoms with van der Waals surface area (Å²) in [4.78, 5) is 129. The number of carbonyl (C=O) groups is 9. The molecule has 0 aromatic heterocycles. The Morgan fingerprint density at radius 1 is 0.893 bits per heavy atom. The second-order valence-electron chi connectivity index (χ2n) is 19.5. The maximum atomic E-state index is 14.5. The number of carbonyl (C=O) groups excluding carboxylic acids is 7. The molecule has 1 fully saturated rings. The summed E-state index contributed by atoms with van der Waals surface area (Å²) in [6, 6.07) is 1.67. The Kier molecular flexibility index (Phi) is 27.6. The van der Waals surface area contributed by atoms with Crippen LogP contribution in [0.2, 0.25) is 0 Å². The highest BCUT2D eigenvalue weighted by atomic mass is 32.2. The summed E-state index contributed by atoms with van der Waals surface area (Å²) in [5.41, 5.74) is 16.3. The molecule has 1 aliphatic rings. The normalized spacial score (nSPS) is 25.3. The number of methoxy groups -OCH3 is 1. The Morgan fingerprint density at radius 3 is 2.13 bits per heavy atom. The smallest absolute Gasteiger partial charge is 0.329 e. The average Bonchev–Trinajstić information content (AvgIpc) is 3.33. The summed E-state index contributed by atoms with van der Waals surface area (Å²) in [5.74, 6) is -10.4. The van der Waals surface area contributed by atoms with E-state index in [9.17, 15) is 53.4 Å². The molecule has 7 amide bonds. The van der Waals surface area contributed by atoms with E-state index in [4.69, 9.17) is 21.9 Å². The van der Waals surface area contributed by atoms with Gasteiger partial charge in [-0.05, 0) is 64.4 Å². The van der Waals surface area contributed by atoms with Crippen molar-refractivity contribution in [2.45, 2.75) is 141 Å². The summed E-state index contributed by atoms with van der Waals surface area (Å²) < 4.78 is 5.85. The third-order valence-corrected chi connectivity index (χ3v) is 13.6. The van der Waals surface area contributed by atoms with E-state index < -0.39 is 120 Å². The highest BCUT2D eigenvalue weighted by molar-refractivity contribution is 7.99. The first kappa shape index (κ1) is 64.6. The standard InChI is InChI=1S/C51H81N11O12S/c1-29(2)24-38-46(69)61-51(7,49(72)73)27-41(63)57-36(16-13-22-55-50(53)54)45(68)58-35(18-17-30(3)25-31(4)40(74-9)26-34-14-11-10-12-15-34)32(5)43(66)59-37(19-20-42(64)65)48(71)62(8)39(28-75-23-21-52)47(70)56-33(6)44(67)60-38/h10-12,14-15,17-18,25,29,31-33,35-40H,13,16,19-24,26-28,52H2,1-9H3,(H,56,70)(H,57,63)(H,58,68)(H,59,66)(H,60,67)(H,61,69)(H,64,65)(H,72,73)(H4,53,54,55)/b18-17+,30-25+/t31-,32-,33+,35?,36?,37+,38-,39?,40-,51-/m0/s1. The molecular formula is C51H81N11O12S. The number of nitrogens with two attached hydrogens (primary N) is 3. The molecule has 418 valence electrons. The third-order valence-electron chi connectivity index (χ3n) is 12.5. The van der Waals surface area contributed by atoms with Gasteiger partial charge in [-0.3, -0.25) is 43.3 Å². The maximum absolute atomic E-state index is 14.5. The number of rotatable bonds is 21. The first-order chi connectivity index (χ1) is 35.2.